The lowest BCUT2D eigenvalue weighted by Crippen LogP contribution is -2.32. The maximum Gasteiger partial charge on any atom is 0.243 e. The number of aliphatic hydroxyl groups excluding tert-OH is 1. The van der Waals surface area contributed by atoms with Crippen LogP contribution in [-0.4, -0.2) is 55.7 Å². The second-order valence-corrected chi connectivity index (χ2v) is 10.4. The van der Waals surface area contributed by atoms with Gasteiger partial charge in [0.2, 0.25) is 16.0 Å². The number of nitrogens with two attached hydrogens (primary N) is 1. The van der Waals surface area contributed by atoms with E-state index < -0.39 is 21.4 Å². The van der Waals surface area contributed by atoms with E-state index >= 15 is 0 Å². The third kappa shape index (κ3) is 5.93. The molecular formula is C25H29N7O5S. The number of anilines is 1. The number of methoxy groups -OCH3 is 1. The third-order valence-electron chi connectivity index (χ3n) is 5.60. The molecule has 0 amide bonds. The molecule has 0 aliphatic carbocycles. The van der Waals surface area contributed by atoms with Crippen molar-refractivity contribution in [2.45, 2.75) is 38.5 Å². The zero-order valence-electron chi connectivity index (χ0n) is 21.3. The van der Waals surface area contributed by atoms with Crippen LogP contribution in [0.5, 0.6) is 11.5 Å². The van der Waals surface area contributed by atoms with Gasteiger partial charge in [0, 0.05) is 18.2 Å². The van der Waals surface area contributed by atoms with Crippen LogP contribution in [-0.2, 0) is 10.0 Å². The molecule has 2 atom stereocenters. The van der Waals surface area contributed by atoms with Crippen LogP contribution >= 0.6 is 0 Å². The van der Waals surface area contributed by atoms with Gasteiger partial charge in [-0.1, -0.05) is 6.07 Å². The SMILES string of the molecule is C#CC/C(=C\C(C)=C/N)c1nnc(NS(=O)(=O)[C@H](C)[C@@H](O)c2cnc(C)cn2)n1-c1c(O)cccc1OC. The van der Waals surface area contributed by atoms with Crippen LogP contribution in [0.15, 0.2) is 48.4 Å². The molecule has 0 aliphatic heterocycles. The Morgan fingerprint density at radius 1 is 1.32 bits per heavy atom. The minimum atomic E-state index is -4.29. The highest BCUT2D eigenvalue weighted by Gasteiger charge is 2.33. The molecule has 0 unspecified atom stereocenters. The smallest absolute Gasteiger partial charge is 0.243 e. The quantitative estimate of drug-likeness (QED) is 0.220. The Hall–Kier alpha value is -4.41. The van der Waals surface area contributed by atoms with Crippen LogP contribution in [0.1, 0.15) is 43.6 Å². The number of aliphatic hydroxyl groups is 1. The van der Waals surface area contributed by atoms with Crippen LogP contribution in [0, 0.1) is 19.3 Å². The number of nitrogens with one attached hydrogen (secondary N) is 1. The number of benzene rings is 1. The number of aromatic hydroxyl groups is 1. The minimum Gasteiger partial charge on any atom is -0.506 e. The van der Waals surface area contributed by atoms with E-state index in [1.807, 2.05) is 0 Å². The Bertz CT molecular complexity index is 1510. The van der Waals surface area contributed by atoms with E-state index in [1.54, 1.807) is 32.1 Å². The van der Waals surface area contributed by atoms with Gasteiger partial charge in [0.15, 0.2) is 5.82 Å². The van der Waals surface area contributed by atoms with Crippen molar-refractivity contribution in [3.63, 3.8) is 0 Å². The lowest BCUT2D eigenvalue weighted by Gasteiger charge is -2.21. The van der Waals surface area contributed by atoms with Crippen molar-refractivity contribution < 1.29 is 23.4 Å². The summed E-state index contributed by atoms with van der Waals surface area (Å²) in [5.41, 5.74) is 7.53. The number of para-hydroxylation sites is 1. The number of rotatable bonds is 10. The second kappa shape index (κ2) is 11.8. The van der Waals surface area contributed by atoms with Gasteiger partial charge in [-0.05, 0) is 50.8 Å². The van der Waals surface area contributed by atoms with E-state index in [9.17, 15) is 18.6 Å². The number of hydrogen-bond acceptors (Lipinski definition) is 10. The molecule has 5 N–H and O–H groups in total. The number of aromatic nitrogens is 5. The van der Waals surface area contributed by atoms with Gasteiger partial charge in [-0.25, -0.2) is 8.42 Å². The van der Waals surface area contributed by atoms with Gasteiger partial charge >= 0.3 is 0 Å². The predicted octanol–water partition coefficient (Wildman–Crippen LogP) is 2.21. The topological polar surface area (TPSA) is 178 Å². The summed E-state index contributed by atoms with van der Waals surface area (Å²) >= 11 is 0. The van der Waals surface area contributed by atoms with Crippen molar-refractivity contribution >= 4 is 21.5 Å². The molecule has 0 saturated carbocycles. The van der Waals surface area contributed by atoms with Crippen molar-refractivity contribution in [2.24, 2.45) is 5.73 Å². The van der Waals surface area contributed by atoms with Crippen molar-refractivity contribution in [2.75, 3.05) is 11.8 Å². The summed E-state index contributed by atoms with van der Waals surface area (Å²) in [4.78, 5) is 8.13. The average molecular weight is 540 g/mol. The van der Waals surface area contributed by atoms with Crippen LogP contribution in [0.4, 0.5) is 5.95 Å². The normalized spacial score (nSPS) is 14.0. The molecule has 0 spiro atoms. The number of aryl methyl sites for hydroxylation is 1. The Labute approximate surface area is 221 Å². The fourth-order valence-electron chi connectivity index (χ4n) is 3.48. The Balaban J connectivity index is 2.17. The number of allylic oxidation sites excluding steroid dienone is 3. The molecule has 0 radical (unpaired) electrons. The fraction of sp³-hybridized carbons (Fsp3) is 0.280. The second-order valence-electron chi connectivity index (χ2n) is 8.35. The Morgan fingerprint density at radius 2 is 2.05 bits per heavy atom. The average Bonchev–Trinajstić information content (AvgIpc) is 3.29. The van der Waals surface area contributed by atoms with Crippen LogP contribution in [0.2, 0.25) is 0 Å². The molecule has 2 aromatic heterocycles. The van der Waals surface area contributed by atoms with Gasteiger partial charge in [0.05, 0.1) is 24.7 Å². The molecular weight excluding hydrogens is 510 g/mol. The molecule has 3 aromatic rings. The number of phenols is 1. The molecule has 13 heteroatoms. The highest BCUT2D eigenvalue weighted by molar-refractivity contribution is 7.93. The van der Waals surface area contributed by atoms with Crippen molar-refractivity contribution in [3.05, 3.63) is 65.7 Å². The first-order valence-corrected chi connectivity index (χ1v) is 12.9. The minimum absolute atomic E-state index is 0.0719. The van der Waals surface area contributed by atoms with Gasteiger partial charge in [0.1, 0.15) is 28.5 Å². The number of terminal acetylenes is 1. The van der Waals surface area contributed by atoms with E-state index in [0.717, 1.165) is 0 Å². The van der Waals surface area contributed by atoms with E-state index in [-0.39, 0.29) is 41.1 Å². The van der Waals surface area contributed by atoms with E-state index in [4.69, 9.17) is 16.9 Å². The number of ether oxygens (including phenoxy) is 1. The number of sulfonamides is 1. The van der Waals surface area contributed by atoms with Crippen LogP contribution < -0.4 is 15.2 Å². The molecule has 0 saturated heterocycles. The summed E-state index contributed by atoms with van der Waals surface area (Å²) in [6.45, 7) is 4.78. The van der Waals surface area contributed by atoms with Gasteiger partial charge in [0.25, 0.3) is 0 Å². The Morgan fingerprint density at radius 3 is 2.66 bits per heavy atom. The first kappa shape index (κ1) is 28.2. The molecule has 200 valence electrons. The van der Waals surface area contributed by atoms with Crippen LogP contribution in [0.3, 0.4) is 0 Å². The van der Waals surface area contributed by atoms with Crippen molar-refractivity contribution in [1.82, 2.24) is 24.7 Å². The summed E-state index contributed by atoms with van der Waals surface area (Å²) < 4.78 is 35.8. The molecule has 38 heavy (non-hydrogen) atoms. The highest BCUT2D eigenvalue weighted by atomic mass is 32.2. The molecule has 0 bridgehead atoms. The largest absolute Gasteiger partial charge is 0.506 e. The summed E-state index contributed by atoms with van der Waals surface area (Å²) in [6.07, 6.45) is 9.96. The maximum absolute atomic E-state index is 13.4. The summed E-state index contributed by atoms with van der Waals surface area (Å²) in [7, 11) is -2.90. The first-order chi connectivity index (χ1) is 18.0. The molecule has 2 heterocycles. The summed E-state index contributed by atoms with van der Waals surface area (Å²) in [6, 6.07) is 4.54. The molecule has 0 aliphatic rings. The number of hydrogen-bond donors (Lipinski definition) is 4. The molecule has 3 rings (SSSR count). The van der Waals surface area contributed by atoms with Crippen molar-refractivity contribution in [3.8, 4) is 29.5 Å². The number of phenolic OH excluding ortho intramolecular Hbond substituents is 1. The summed E-state index contributed by atoms with van der Waals surface area (Å²) in [5.74, 6) is 2.37. The molecule has 12 nitrogen and oxygen atoms in total. The highest BCUT2D eigenvalue weighted by Crippen LogP contribution is 2.37. The van der Waals surface area contributed by atoms with Gasteiger partial charge in [-0.3, -0.25) is 19.3 Å². The molecule has 0 fully saturated rings. The lowest BCUT2D eigenvalue weighted by molar-refractivity contribution is 0.171. The van der Waals surface area contributed by atoms with Gasteiger partial charge in [-0.2, -0.15) is 0 Å². The van der Waals surface area contributed by atoms with E-state index in [2.05, 4.69) is 30.8 Å². The van der Waals surface area contributed by atoms with Gasteiger partial charge < -0.3 is 20.7 Å². The lowest BCUT2D eigenvalue weighted by atomic mass is 10.1. The third-order valence-corrected chi connectivity index (χ3v) is 7.30. The maximum atomic E-state index is 13.4. The van der Waals surface area contributed by atoms with Crippen molar-refractivity contribution in [1.29, 1.82) is 0 Å². The zero-order valence-corrected chi connectivity index (χ0v) is 22.1. The fourth-order valence-corrected chi connectivity index (χ4v) is 4.53. The standard InChI is InChI=1S/C25H29N7O5S/c1-6-8-18(11-15(2)12-26)24-29-30-25(32(24)22-20(33)9-7-10-21(22)37-5)31-38(35,36)17(4)23(34)19-14-27-16(3)13-28-19/h1,7,9-14,17,23,33-34H,8,26H2,2-5H3,(H,30,31)/b15-12-,18-11+/t17-,23-/m1/s1. The molecule has 1 aromatic carbocycles. The van der Waals surface area contributed by atoms with E-state index in [1.165, 1.54) is 43.3 Å². The zero-order chi connectivity index (χ0) is 28.0. The van der Waals surface area contributed by atoms with E-state index in [0.29, 0.717) is 16.8 Å². The first-order valence-electron chi connectivity index (χ1n) is 11.4. The number of nitrogens with zero attached hydrogens (tertiary/aromatic N) is 5. The predicted molar refractivity (Wildman–Crippen MR) is 143 cm³/mol. The summed E-state index contributed by atoms with van der Waals surface area (Å²) in [5, 5.41) is 28.3. The van der Waals surface area contributed by atoms with Crippen LogP contribution in [0.25, 0.3) is 11.3 Å². The monoisotopic (exact) mass is 539 g/mol. The Kier molecular flexibility index (Phi) is 8.72. The van der Waals surface area contributed by atoms with Gasteiger partial charge in [-0.15, -0.1) is 22.5 Å².